The Morgan fingerprint density at radius 3 is 1.38 bits per heavy atom. The molecule has 0 aromatic rings. The number of phosphoric acid groups is 2. The highest BCUT2D eigenvalue weighted by Gasteiger charge is 2.57. The second kappa shape index (κ2) is 8.23. The second-order valence-electron chi connectivity index (χ2n) is 5.00. The SMILES string of the molecule is O=P(O)(O)O[C@@H]1[C@H](O)[C@H](O)[C@@H](OP(=O)(O)O)[C@H](OP(=O)(O)C(F)F)[C@H]1O. The van der Waals surface area contributed by atoms with Crippen molar-refractivity contribution in [3.8, 4) is 0 Å². The van der Waals surface area contributed by atoms with E-state index < -0.39 is 66.0 Å². The highest BCUT2D eigenvalue weighted by Crippen LogP contribution is 2.54. The van der Waals surface area contributed by atoms with Crippen LogP contribution in [0.1, 0.15) is 0 Å². The van der Waals surface area contributed by atoms with Crippen molar-refractivity contribution in [1.82, 2.24) is 0 Å². The predicted octanol–water partition coefficient (Wildman–Crippen LogP) is -2.17. The van der Waals surface area contributed by atoms with Crippen molar-refractivity contribution in [1.29, 1.82) is 0 Å². The minimum atomic E-state index is -5.87. The van der Waals surface area contributed by atoms with Crippen molar-refractivity contribution < 1.29 is 75.8 Å². The molecule has 1 fully saturated rings. The van der Waals surface area contributed by atoms with Crippen LogP contribution >= 0.6 is 23.2 Å². The summed E-state index contributed by atoms with van der Waals surface area (Å²) in [5.74, 6) is 0. The number of hydrogen-bond acceptors (Lipinski definition) is 9. The summed E-state index contributed by atoms with van der Waals surface area (Å²) >= 11 is 0. The summed E-state index contributed by atoms with van der Waals surface area (Å²) < 4.78 is 70.1. The number of alkyl halides is 2. The third-order valence-electron chi connectivity index (χ3n) is 3.06. The maximum atomic E-state index is 12.5. The Labute approximate surface area is 143 Å². The summed E-state index contributed by atoms with van der Waals surface area (Å²) in [6.45, 7) is 0. The maximum Gasteiger partial charge on any atom is 0.470 e. The summed E-state index contributed by atoms with van der Waals surface area (Å²) in [5.41, 5.74) is 0. The van der Waals surface area contributed by atoms with Crippen molar-refractivity contribution in [2.45, 2.75) is 42.8 Å². The molecule has 1 unspecified atom stereocenters. The van der Waals surface area contributed by atoms with Crippen molar-refractivity contribution in [3.63, 3.8) is 0 Å². The van der Waals surface area contributed by atoms with Gasteiger partial charge in [0, 0.05) is 0 Å². The molecule has 0 heterocycles. The highest BCUT2D eigenvalue weighted by molar-refractivity contribution is 7.53. The number of phosphoric ester groups is 2. The topological polar surface area (TPSA) is 241 Å². The first kappa shape index (κ1) is 24.1. The van der Waals surface area contributed by atoms with Crippen LogP contribution in [0.3, 0.4) is 0 Å². The number of hydrogen-bond donors (Lipinski definition) is 8. The lowest BCUT2D eigenvalue weighted by Crippen LogP contribution is -2.65. The lowest BCUT2D eigenvalue weighted by Gasteiger charge is -2.44. The zero-order valence-electron chi connectivity index (χ0n) is 12.2. The van der Waals surface area contributed by atoms with Gasteiger partial charge in [0.25, 0.3) is 0 Å². The van der Waals surface area contributed by atoms with Crippen LogP contribution in [0.5, 0.6) is 0 Å². The molecule has 14 nitrogen and oxygen atoms in total. The molecule has 0 radical (unpaired) electrons. The van der Waals surface area contributed by atoms with Gasteiger partial charge < -0.3 is 39.8 Å². The van der Waals surface area contributed by atoms with Crippen LogP contribution in [0, 0.1) is 0 Å². The van der Waals surface area contributed by atoms with Gasteiger partial charge in [0.05, 0.1) is 0 Å². The van der Waals surface area contributed by atoms with Crippen molar-refractivity contribution in [3.05, 3.63) is 0 Å². The van der Waals surface area contributed by atoms with Crippen LogP contribution in [0.25, 0.3) is 0 Å². The molecule has 7 atom stereocenters. The van der Waals surface area contributed by atoms with E-state index in [1.165, 1.54) is 0 Å². The van der Waals surface area contributed by atoms with Crippen LogP contribution in [0.2, 0.25) is 0 Å². The second-order valence-corrected chi connectivity index (χ2v) is 9.12. The number of halogens is 2. The zero-order valence-corrected chi connectivity index (χ0v) is 14.8. The number of aliphatic hydroxyl groups excluding tert-OH is 3. The van der Waals surface area contributed by atoms with Crippen molar-refractivity contribution in [2.24, 2.45) is 0 Å². The van der Waals surface area contributed by atoms with Gasteiger partial charge in [-0.05, 0) is 0 Å². The van der Waals surface area contributed by atoms with E-state index in [-0.39, 0.29) is 0 Å². The lowest BCUT2D eigenvalue weighted by molar-refractivity contribution is -0.211. The van der Waals surface area contributed by atoms with Gasteiger partial charge in [0.15, 0.2) is 0 Å². The van der Waals surface area contributed by atoms with Gasteiger partial charge >= 0.3 is 29.4 Å². The Kier molecular flexibility index (Phi) is 7.65. The Morgan fingerprint density at radius 2 is 1.00 bits per heavy atom. The fourth-order valence-corrected chi connectivity index (χ4v) is 3.89. The zero-order chi connectivity index (χ0) is 20.7. The van der Waals surface area contributed by atoms with Gasteiger partial charge in [-0.3, -0.25) is 18.1 Å². The molecular weight excluding hydrogens is 439 g/mol. The first-order valence-corrected chi connectivity index (χ1v) is 11.0. The van der Waals surface area contributed by atoms with E-state index in [0.29, 0.717) is 0 Å². The van der Waals surface area contributed by atoms with Crippen LogP contribution in [-0.2, 0) is 27.3 Å². The molecule has 1 aliphatic rings. The molecule has 0 bridgehead atoms. The van der Waals surface area contributed by atoms with Crippen LogP contribution in [0.4, 0.5) is 8.78 Å². The summed E-state index contributed by atoms with van der Waals surface area (Å²) in [6, 6.07) is 0. The maximum absolute atomic E-state index is 12.5. The van der Waals surface area contributed by atoms with Gasteiger partial charge in [0.2, 0.25) is 0 Å². The molecule has 0 spiro atoms. The Balaban J connectivity index is 3.30. The average Bonchev–Trinajstić information content (AvgIpc) is 2.42. The highest BCUT2D eigenvalue weighted by atomic mass is 31.2. The molecule has 26 heavy (non-hydrogen) atoms. The third-order valence-corrected chi connectivity index (χ3v) is 5.13. The van der Waals surface area contributed by atoms with Gasteiger partial charge in [-0.1, -0.05) is 0 Å². The minimum absolute atomic E-state index is 2.47. The van der Waals surface area contributed by atoms with Gasteiger partial charge in [-0.25, -0.2) is 9.13 Å². The molecule has 1 rings (SSSR count). The van der Waals surface area contributed by atoms with E-state index in [1.54, 1.807) is 0 Å². The largest absolute Gasteiger partial charge is 0.470 e. The van der Waals surface area contributed by atoms with Crippen LogP contribution < -0.4 is 0 Å². The third kappa shape index (κ3) is 6.33. The van der Waals surface area contributed by atoms with Gasteiger partial charge in [-0.15, -0.1) is 0 Å². The molecule has 1 aliphatic carbocycles. The van der Waals surface area contributed by atoms with Crippen LogP contribution in [0.15, 0.2) is 0 Å². The molecule has 0 amide bonds. The Bertz CT molecular complexity index is 632. The fourth-order valence-electron chi connectivity index (χ4n) is 2.07. The Hall–Kier alpha value is 0.110. The summed E-state index contributed by atoms with van der Waals surface area (Å²) in [5, 5.41) is 29.4. The average molecular weight is 454 g/mol. The predicted molar refractivity (Wildman–Crippen MR) is 72.6 cm³/mol. The van der Waals surface area contributed by atoms with E-state index >= 15 is 0 Å². The van der Waals surface area contributed by atoms with E-state index in [4.69, 9.17) is 24.5 Å². The van der Waals surface area contributed by atoms with Crippen LogP contribution in [-0.4, -0.2) is 82.6 Å². The Morgan fingerprint density at radius 1 is 0.654 bits per heavy atom. The van der Waals surface area contributed by atoms with Crippen molar-refractivity contribution in [2.75, 3.05) is 0 Å². The first-order valence-electron chi connectivity index (χ1n) is 6.27. The fraction of sp³-hybridized carbons (Fsp3) is 1.00. The van der Waals surface area contributed by atoms with E-state index in [9.17, 15) is 37.8 Å². The van der Waals surface area contributed by atoms with E-state index in [2.05, 4.69) is 13.6 Å². The smallest absolute Gasteiger partial charge is 0.387 e. The quantitative estimate of drug-likeness (QED) is 0.191. The standard InChI is InChI=1S/C7H15F2O14P3/c8-7(9)24(13,14)21-6-3(12)4(22-25(15,16)17)1(10)2(11)5(6)23-26(18,19)20/h1-7,10-12H,(H,13,14)(H2,15,16,17)(H2,18,19,20)/t1-,2+,3+,4-,5-,6-/m1/s1. The number of aliphatic hydroxyl groups is 3. The van der Waals surface area contributed by atoms with E-state index in [0.717, 1.165) is 0 Å². The normalized spacial score (nSPS) is 36.1. The van der Waals surface area contributed by atoms with Crippen molar-refractivity contribution >= 4 is 23.2 Å². The monoisotopic (exact) mass is 454 g/mol. The molecule has 0 aliphatic heterocycles. The summed E-state index contributed by atoms with van der Waals surface area (Å²) in [4.78, 5) is 44.0. The van der Waals surface area contributed by atoms with Gasteiger partial charge in [0.1, 0.15) is 36.6 Å². The molecule has 0 saturated heterocycles. The lowest BCUT2D eigenvalue weighted by atomic mass is 9.85. The molecule has 19 heteroatoms. The first-order chi connectivity index (χ1) is 11.5. The summed E-state index contributed by atoms with van der Waals surface area (Å²) in [6.07, 6.45) is -19.4. The van der Waals surface area contributed by atoms with E-state index in [1.807, 2.05) is 0 Å². The molecule has 0 aromatic heterocycles. The molecule has 156 valence electrons. The molecule has 8 N–H and O–H groups in total. The minimum Gasteiger partial charge on any atom is -0.387 e. The summed E-state index contributed by atoms with van der Waals surface area (Å²) in [7, 11) is -16.8. The number of rotatable bonds is 7. The molecular formula is C7H15F2O14P3. The molecule has 1 saturated carbocycles. The molecule has 0 aromatic carbocycles. The van der Waals surface area contributed by atoms with Gasteiger partial charge in [-0.2, -0.15) is 8.78 Å².